The minimum atomic E-state index is 0.178. The van der Waals surface area contributed by atoms with Gasteiger partial charge in [0.1, 0.15) is 0 Å². The van der Waals surface area contributed by atoms with Gasteiger partial charge in [0.05, 0.1) is 6.42 Å². The van der Waals surface area contributed by atoms with Crippen molar-refractivity contribution in [2.45, 2.75) is 33.1 Å². The number of amides is 1. The van der Waals surface area contributed by atoms with Gasteiger partial charge in [-0.25, -0.2) is 0 Å². The van der Waals surface area contributed by atoms with Crippen LogP contribution in [0.15, 0.2) is 24.3 Å². The van der Waals surface area contributed by atoms with E-state index in [4.69, 9.17) is 5.73 Å². The molecular formula is C15H24N2O. The number of carbonyl (C=O) groups excluding carboxylic acids is 1. The Kier molecular flexibility index (Phi) is 6.44. The van der Waals surface area contributed by atoms with Gasteiger partial charge in [0.25, 0.3) is 0 Å². The number of rotatable bonds is 7. The Morgan fingerprint density at radius 2 is 1.89 bits per heavy atom. The predicted molar refractivity (Wildman–Crippen MR) is 75.4 cm³/mol. The van der Waals surface area contributed by atoms with E-state index in [1.54, 1.807) is 0 Å². The molecule has 100 valence electrons. The quantitative estimate of drug-likeness (QED) is 0.803. The van der Waals surface area contributed by atoms with Gasteiger partial charge in [0.2, 0.25) is 5.91 Å². The first-order valence-corrected chi connectivity index (χ1v) is 6.70. The van der Waals surface area contributed by atoms with E-state index < -0.39 is 0 Å². The third-order valence-corrected chi connectivity index (χ3v) is 3.01. The molecule has 0 unspecified atom stereocenters. The highest BCUT2D eigenvalue weighted by molar-refractivity contribution is 5.78. The Bertz CT molecular complexity index is 359. The standard InChI is InChI=1S/C15H24N2O/c1-3-4-10-17(11-9-16)15(18)12-14-7-5-13(2)6-8-14/h5-8H,3-4,9-12,16H2,1-2H3. The molecule has 18 heavy (non-hydrogen) atoms. The fourth-order valence-corrected chi connectivity index (χ4v) is 1.86. The molecular weight excluding hydrogens is 224 g/mol. The lowest BCUT2D eigenvalue weighted by Gasteiger charge is -2.21. The number of hydrogen-bond acceptors (Lipinski definition) is 2. The second-order valence-corrected chi connectivity index (χ2v) is 4.69. The van der Waals surface area contributed by atoms with Gasteiger partial charge in [-0.2, -0.15) is 0 Å². The number of carbonyl (C=O) groups is 1. The van der Waals surface area contributed by atoms with E-state index in [1.807, 2.05) is 36.1 Å². The molecule has 3 nitrogen and oxygen atoms in total. The van der Waals surface area contributed by atoms with Crippen molar-refractivity contribution in [3.63, 3.8) is 0 Å². The van der Waals surface area contributed by atoms with Gasteiger partial charge >= 0.3 is 0 Å². The second-order valence-electron chi connectivity index (χ2n) is 4.69. The van der Waals surface area contributed by atoms with E-state index in [1.165, 1.54) is 5.56 Å². The molecule has 0 atom stereocenters. The topological polar surface area (TPSA) is 46.3 Å². The van der Waals surface area contributed by atoms with Gasteiger partial charge in [-0.3, -0.25) is 4.79 Å². The minimum absolute atomic E-state index is 0.178. The minimum Gasteiger partial charge on any atom is -0.341 e. The van der Waals surface area contributed by atoms with E-state index in [2.05, 4.69) is 6.92 Å². The number of aryl methyl sites for hydroxylation is 1. The second kappa shape index (κ2) is 7.88. The maximum Gasteiger partial charge on any atom is 0.227 e. The molecule has 0 heterocycles. The van der Waals surface area contributed by atoms with Crippen molar-refractivity contribution in [3.8, 4) is 0 Å². The number of unbranched alkanes of at least 4 members (excludes halogenated alkanes) is 1. The summed E-state index contributed by atoms with van der Waals surface area (Å²) in [6.45, 7) is 6.19. The van der Waals surface area contributed by atoms with Crippen LogP contribution >= 0.6 is 0 Å². The summed E-state index contributed by atoms with van der Waals surface area (Å²) < 4.78 is 0. The summed E-state index contributed by atoms with van der Waals surface area (Å²) in [5, 5.41) is 0. The number of nitrogens with two attached hydrogens (primary N) is 1. The highest BCUT2D eigenvalue weighted by Crippen LogP contribution is 2.06. The zero-order valence-corrected chi connectivity index (χ0v) is 11.5. The third kappa shape index (κ3) is 4.88. The Balaban J connectivity index is 2.57. The molecule has 0 saturated carbocycles. The zero-order chi connectivity index (χ0) is 13.4. The Labute approximate surface area is 110 Å². The Morgan fingerprint density at radius 1 is 1.22 bits per heavy atom. The average Bonchev–Trinajstić information content (AvgIpc) is 2.37. The molecule has 0 fully saturated rings. The molecule has 1 aromatic carbocycles. The average molecular weight is 248 g/mol. The summed E-state index contributed by atoms with van der Waals surface area (Å²) in [6, 6.07) is 8.13. The first-order valence-electron chi connectivity index (χ1n) is 6.70. The lowest BCUT2D eigenvalue weighted by molar-refractivity contribution is -0.130. The molecule has 1 amide bonds. The molecule has 0 bridgehead atoms. The molecule has 0 aromatic heterocycles. The summed E-state index contributed by atoms with van der Waals surface area (Å²) in [5.41, 5.74) is 7.85. The highest BCUT2D eigenvalue weighted by atomic mass is 16.2. The van der Waals surface area contributed by atoms with Crippen LogP contribution < -0.4 is 5.73 Å². The van der Waals surface area contributed by atoms with Crippen LogP contribution in [-0.4, -0.2) is 30.4 Å². The summed E-state index contributed by atoms with van der Waals surface area (Å²) >= 11 is 0. The summed E-state index contributed by atoms with van der Waals surface area (Å²) in [5.74, 6) is 0.178. The van der Waals surface area contributed by atoms with Gasteiger partial charge in [0.15, 0.2) is 0 Å². The first-order chi connectivity index (χ1) is 8.67. The molecule has 2 N–H and O–H groups in total. The van der Waals surface area contributed by atoms with Crippen LogP contribution in [0.3, 0.4) is 0 Å². The Morgan fingerprint density at radius 3 is 2.44 bits per heavy atom. The van der Waals surface area contributed by atoms with Crippen molar-refractivity contribution in [2.75, 3.05) is 19.6 Å². The van der Waals surface area contributed by atoms with E-state index in [9.17, 15) is 4.79 Å². The van der Waals surface area contributed by atoms with Crippen molar-refractivity contribution in [1.82, 2.24) is 4.90 Å². The summed E-state index contributed by atoms with van der Waals surface area (Å²) in [4.78, 5) is 14.0. The largest absolute Gasteiger partial charge is 0.341 e. The molecule has 0 radical (unpaired) electrons. The van der Waals surface area contributed by atoms with E-state index in [0.29, 0.717) is 19.5 Å². The molecule has 0 aliphatic rings. The maximum atomic E-state index is 12.2. The molecule has 0 saturated heterocycles. The van der Waals surface area contributed by atoms with Crippen molar-refractivity contribution < 1.29 is 4.79 Å². The highest BCUT2D eigenvalue weighted by Gasteiger charge is 2.12. The fourth-order valence-electron chi connectivity index (χ4n) is 1.86. The van der Waals surface area contributed by atoms with Crippen molar-refractivity contribution >= 4 is 5.91 Å². The monoisotopic (exact) mass is 248 g/mol. The van der Waals surface area contributed by atoms with E-state index >= 15 is 0 Å². The lowest BCUT2D eigenvalue weighted by atomic mass is 10.1. The van der Waals surface area contributed by atoms with Gasteiger partial charge in [0, 0.05) is 19.6 Å². The van der Waals surface area contributed by atoms with Crippen LogP contribution in [0.25, 0.3) is 0 Å². The lowest BCUT2D eigenvalue weighted by Crippen LogP contribution is -2.37. The van der Waals surface area contributed by atoms with Gasteiger partial charge in [-0.15, -0.1) is 0 Å². The van der Waals surface area contributed by atoms with Crippen LogP contribution in [0.4, 0.5) is 0 Å². The third-order valence-electron chi connectivity index (χ3n) is 3.01. The molecule has 1 aromatic rings. The normalized spacial score (nSPS) is 10.4. The zero-order valence-electron chi connectivity index (χ0n) is 11.5. The van der Waals surface area contributed by atoms with Crippen LogP contribution in [-0.2, 0) is 11.2 Å². The van der Waals surface area contributed by atoms with Crippen LogP contribution in [0.1, 0.15) is 30.9 Å². The van der Waals surface area contributed by atoms with Crippen molar-refractivity contribution in [1.29, 1.82) is 0 Å². The molecule has 0 aliphatic heterocycles. The predicted octanol–water partition coefficient (Wildman–Crippen LogP) is 2.12. The van der Waals surface area contributed by atoms with Crippen LogP contribution in [0.5, 0.6) is 0 Å². The van der Waals surface area contributed by atoms with E-state index in [0.717, 1.165) is 24.9 Å². The van der Waals surface area contributed by atoms with Crippen LogP contribution in [0, 0.1) is 6.92 Å². The SMILES string of the molecule is CCCCN(CCN)C(=O)Cc1ccc(C)cc1. The smallest absolute Gasteiger partial charge is 0.227 e. The van der Waals surface area contributed by atoms with Crippen LogP contribution in [0.2, 0.25) is 0 Å². The van der Waals surface area contributed by atoms with E-state index in [-0.39, 0.29) is 5.91 Å². The molecule has 1 rings (SSSR count). The van der Waals surface area contributed by atoms with Gasteiger partial charge < -0.3 is 10.6 Å². The molecule has 0 aliphatic carbocycles. The number of nitrogens with zero attached hydrogens (tertiary/aromatic N) is 1. The number of benzene rings is 1. The Hall–Kier alpha value is -1.35. The van der Waals surface area contributed by atoms with Gasteiger partial charge in [-0.1, -0.05) is 43.2 Å². The summed E-state index contributed by atoms with van der Waals surface area (Å²) in [7, 11) is 0. The molecule has 0 spiro atoms. The first kappa shape index (κ1) is 14.7. The van der Waals surface area contributed by atoms with Crippen molar-refractivity contribution in [3.05, 3.63) is 35.4 Å². The summed E-state index contributed by atoms with van der Waals surface area (Å²) in [6.07, 6.45) is 2.61. The molecule has 3 heteroatoms. The fraction of sp³-hybridized carbons (Fsp3) is 0.533. The van der Waals surface area contributed by atoms with Crippen molar-refractivity contribution in [2.24, 2.45) is 5.73 Å². The maximum absolute atomic E-state index is 12.2. The van der Waals surface area contributed by atoms with Gasteiger partial charge in [-0.05, 0) is 18.9 Å². The number of hydrogen-bond donors (Lipinski definition) is 1.